The van der Waals surface area contributed by atoms with E-state index in [9.17, 15) is 4.79 Å². The van der Waals surface area contributed by atoms with E-state index in [1.807, 2.05) is 12.1 Å². The summed E-state index contributed by atoms with van der Waals surface area (Å²) in [5.74, 6) is 0.153. The summed E-state index contributed by atoms with van der Waals surface area (Å²) in [5.41, 5.74) is 5.85. The third-order valence-corrected chi connectivity index (χ3v) is 5.73. The topological polar surface area (TPSA) is 48.1 Å². The maximum absolute atomic E-state index is 12.8. The number of rotatable bonds is 5. The number of nitrogens with zero attached hydrogens (tertiary/aromatic N) is 1. The predicted octanol–water partition coefficient (Wildman–Crippen LogP) is 4.76. The number of fused-ring (bicyclic) bond motifs is 3. The van der Waals surface area contributed by atoms with Crippen molar-refractivity contribution < 1.29 is 4.79 Å². The van der Waals surface area contributed by atoms with E-state index >= 15 is 0 Å². The molecule has 1 heterocycles. The van der Waals surface area contributed by atoms with Crippen molar-refractivity contribution in [3.63, 3.8) is 0 Å². The zero-order valence-corrected chi connectivity index (χ0v) is 16.1. The van der Waals surface area contributed by atoms with E-state index in [-0.39, 0.29) is 11.8 Å². The molecule has 1 aliphatic rings. The Kier molecular flexibility index (Phi) is 4.88. The van der Waals surface area contributed by atoms with Crippen molar-refractivity contribution >= 4 is 28.2 Å². The highest BCUT2D eigenvalue weighted by Crippen LogP contribution is 2.32. The van der Waals surface area contributed by atoms with Gasteiger partial charge in [-0.1, -0.05) is 18.2 Å². The summed E-state index contributed by atoms with van der Waals surface area (Å²) in [7, 11) is 0. The molecule has 0 aliphatic heterocycles. The molecule has 0 spiro atoms. The van der Waals surface area contributed by atoms with Crippen LogP contribution < -0.4 is 10.2 Å². The number of aromatic nitrogens is 1. The largest absolute Gasteiger partial charge is 0.372 e. The Morgan fingerprint density at radius 2 is 1.85 bits per heavy atom. The summed E-state index contributed by atoms with van der Waals surface area (Å²) in [6.45, 7) is 6.27. The van der Waals surface area contributed by atoms with Crippen LogP contribution in [0.1, 0.15) is 31.5 Å². The SMILES string of the molecule is CCN(CC)c1ccc(NC(=O)C2CCc3[nH]c4ccccc4c3C2)cc1. The highest BCUT2D eigenvalue weighted by Gasteiger charge is 2.27. The van der Waals surface area contributed by atoms with E-state index in [1.54, 1.807) is 0 Å². The molecular formula is C23H27N3O. The number of aromatic amines is 1. The van der Waals surface area contributed by atoms with Crippen LogP contribution in [0.4, 0.5) is 11.4 Å². The van der Waals surface area contributed by atoms with Gasteiger partial charge in [0.05, 0.1) is 0 Å². The van der Waals surface area contributed by atoms with Crippen LogP contribution >= 0.6 is 0 Å². The summed E-state index contributed by atoms with van der Waals surface area (Å²) in [4.78, 5) is 18.6. The van der Waals surface area contributed by atoms with Gasteiger partial charge in [0, 0.05) is 47.0 Å². The Morgan fingerprint density at radius 3 is 2.59 bits per heavy atom. The second-order valence-electron chi connectivity index (χ2n) is 7.28. The molecule has 0 fully saturated rings. The average Bonchev–Trinajstić information content (AvgIpc) is 3.08. The van der Waals surface area contributed by atoms with Gasteiger partial charge in [-0.15, -0.1) is 0 Å². The van der Waals surface area contributed by atoms with E-state index in [0.717, 1.165) is 38.0 Å². The van der Waals surface area contributed by atoms with Crippen molar-refractivity contribution in [3.05, 3.63) is 59.8 Å². The number of carbonyl (C=O) groups excluding carboxylic acids is 1. The quantitative estimate of drug-likeness (QED) is 0.688. The molecular weight excluding hydrogens is 334 g/mol. The van der Waals surface area contributed by atoms with E-state index in [4.69, 9.17) is 0 Å². The van der Waals surface area contributed by atoms with E-state index in [2.05, 4.69) is 65.4 Å². The zero-order valence-electron chi connectivity index (χ0n) is 16.1. The van der Waals surface area contributed by atoms with Gasteiger partial charge in [0.1, 0.15) is 0 Å². The van der Waals surface area contributed by atoms with Crippen LogP contribution in [0, 0.1) is 5.92 Å². The van der Waals surface area contributed by atoms with Crippen LogP contribution in [0.2, 0.25) is 0 Å². The number of anilines is 2. The lowest BCUT2D eigenvalue weighted by molar-refractivity contribution is -0.120. The molecule has 3 aromatic rings. The van der Waals surface area contributed by atoms with E-state index < -0.39 is 0 Å². The van der Waals surface area contributed by atoms with Gasteiger partial charge in [-0.05, 0) is 69.0 Å². The molecule has 1 unspecified atom stereocenters. The molecule has 0 bridgehead atoms. The van der Waals surface area contributed by atoms with Gasteiger partial charge >= 0.3 is 0 Å². The van der Waals surface area contributed by atoms with Crippen molar-refractivity contribution in [1.29, 1.82) is 0 Å². The van der Waals surface area contributed by atoms with Crippen LogP contribution in [0.25, 0.3) is 10.9 Å². The summed E-state index contributed by atoms with van der Waals surface area (Å²) >= 11 is 0. The first-order valence-electron chi connectivity index (χ1n) is 9.94. The zero-order chi connectivity index (χ0) is 18.8. The minimum absolute atomic E-state index is 0.0270. The molecule has 1 atom stereocenters. The molecule has 4 rings (SSSR count). The van der Waals surface area contributed by atoms with Gasteiger partial charge < -0.3 is 15.2 Å². The monoisotopic (exact) mass is 361 g/mol. The highest BCUT2D eigenvalue weighted by molar-refractivity contribution is 5.94. The normalized spacial score (nSPS) is 16.1. The summed E-state index contributed by atoms with van der Waals surface area (Å²) < 4.78 is 0. The van der Waals surface area contributed by atoms with Crippen LogP contribution in [0.15, 0.2) is 48.5 Å². The maximum Gasteiger partial charge on any atom is 0.227 e. The van der Waals surface area contributed by atoms with E-state index in [0.29, 0.717) is 0 Å². The number of amides is 1. The van der Waals surface area contributed by atoms with Crippen molar-refractivity contribution in [2.75, 3.05) is 23.3 Å². The molecule has 2 aromatic carbocycles. The molecule has 0 radical (unpaired) electrons. The lowest BCUT2D eigenvalue weighted by atomic mass is 9.86. The van der Waals surface area contributed by atoms with Gasteiger partial charge in [-0.2, -0.15) is 0 Å². The van der Waals surface area contributed by atoms with Crippen molar-refractivity contribution in [3.8, 4) is 0 Å². The van der Waals surface area contributed by atoms with Crippen LogP contribution in [0.5, 0.6) is 0 Å². The third-order valence-electron chi connectivity index (χ3n) is 5.73. The third kappa shape index (κ3) is 3.44. The fourth-order valence-corrected chi connectivity index (χ4v) is 4.18. The molecule has 2 N–H and O–H groups in total. The molecule has 140 valence electrons. The van der Waals surface area contributed by atoms with Crippen LogP contribution in [0.3, 0.4) is 0 Å². The summed E-state index contributed by atoms with van der Waals surface area (Å²) in [5, 5.41) is 4.38. The average molecular weight is 361 g/mol. The van der Waals surface area contributed by atoms with Gasteiger partial charge in [0.15, 0.2) is 0 Å². The number of hydrogen-bond donors (Lipinski definition) is 2. The number of aryl methyl sites for hydroxylation is 1. The molecule has 27 heavy (non-hydrogen) atoms. The second kappa shape index (κ2) is 7.47. The highest BCUT2D eigenvalue weighted by atomic mass is 16.1. The Morgan fingerprint density at radius 1 is 1.11 bits per heavy atom. The summed E-state index contributed by atoms with van der Waals surface area (Å²) in [6.07, 6.45) is 2.63. The molecule has 1 amide bonds. The lowest BCUT2D eigenvalue weighted by Gasteiger charge is -2.23. The molecule has 4 nitrogen and oxygen atoms in total. The van der Waals surface area contributed by atoms with Gasteiger partial charge in [0.25, 0.3) is 0 Å². The maximum atomic E-state index is 12.8. The number of hydrogen-bond acceptors (Lipinski definition) is 2. The number of H-pyrrole nitrogens is 1. The van der Waals surface area contributed by atoms with Gasteiger partial charge in [-0.25, -0.2) is 0 Å². The lowest BCUT2D eigenvalue weighted by Crippen LogP contribution is -2.28. The standard InChI is InChI=1S/C23H27N3O/c1-3-26(4-2)18-12-10-17(11-13-18)24-23(27)16-9-14-22-20(15-16)19-7-5-6-8-21(19)25-22/h5-8,10-13,16,25H,3-4,9,14-15H2,1-2H3,(H,24,27). The second-order valence-corrected chi connectivity index (χ2v) is 7.28. The Labute approximate surface area is 160 Å². The summed E-state index contributed by atoms with van der Waals surface area (Å²) in [6, 6.07) is 16.6. The van der Waals surface area contributed by atoms with Gasteiger partial charge in [0.2, 0.25) is 5.91 Å². The van der Waals surface area contributed by atoms with Gasteiger partial charge in [-0.3, -0.25) is 4.79 Å². The number of nitrogens with one attached hydrogen (secondary N) is 2. The first-order valence-corrected chi connectivity index (χ1v) is 9.94. The Hall–Kier alpha value is -2.75. The minimum atomic E-state index is 0.0270. The molecule has 0 saturated heterocycles. The first kappa shape index (κ1) is 17.7. The van der Waals surface area contributed by atoms with Crippen LogP contribution in [-0.4, -0.2) is 24.0 Å². The Balaban J connectivity index is 1.46. The smallest absolute Gasteiger partial charge is 0.227 e. The fraction of sp³-hybridized carbons (Fsp3) is 0.348. The number of carbonyl (C=O) groups is 1. The number of benzene rings is 2. The molecule has 0 saturated carbocycles. The van der Waals surface area contributed by atoms with Crippen molar-refractivity contribution in [2.45, 2.75) is 33.1 Å². The predicted molar refractivity (Wildman–Crippen MR) is 112 cm³/mol. The minimum Gasteiger partial charge on any atom is -0.372 e. The molecule has 1 aliphatic carbocycles. The fourth-order valence-electron chi connectivity index (χ4n) is 4.18. The van der Waals surface area contributed by atoms with E-state index in [1.165, 1.54) is 27.8 Å². The van der Waals surface area contributed by atoms with Crippen LogP contribution in [-0.2, 0) is 17.6 Å². The Bertz CT molecular complexity index is 938. The first-order chi connectivity index (χ1) is 13.2. The van der Waals surface area contributed by atoms with Crippen molar-refractivity contribution in [2.24, 2.45) is 5.92 Å². The molecule has 1 aromatic heterocycles. The molecule has 4 heteroatoms. The number of para-hydroxylation sites is 1. The van der Waals surface area contributed by atoms with Crippen molar-refractivity contribution in [1.82, 2.24) is 4.98 Å².